The molecule has 0 aliphatic carbocycles. The van der Waals surface area contributed by atoms with Crippen molar-refractivity contribution in [2.45, 2.75) is 56.7 Å². The minimum atomic E-state index is -1.02. The van der Waals surface area contributed by atoms with E-state index in [4.69, 9.17) is 10.5 Å². The lowest BCUT2D eigenvalue weighted by atomic mass is 10.0. The maximum atomic E-state index is 13.8. The average molecular weight is 609 g/mol. The SMILES string of the molecule is CN(C)CCCNC(=O)[C@@H]1CCC(=O)N[C@@H](CCC(N)=O)C(=O)N(C)[C@H](Cc2ccccc2)COc2ccccc2C(=O)N1. The van der Waals surface area contributed by atoms with Crippen LogP contribution in [0.3, 0.4) is 0 Å². The number of ether oxygens (including phenoxy) is 1. The first-order valence-electron chi connectivity index (χ1n) is 14.9. The summed E-state index contributed by atoms with van der Waals surface area (Å²) in [6.45, 7) is 1.20. The van der Waals surface area contributed by atoms with E-state index in [1.54, 1.807) is 31.3 Å². The highest BCUT2D eigenvalue weighted by Crippen LogP contribution is 2.21. The van der Waals surface area contributed by atoms with Crippen molar-refractivity contribution in [3.05, 3.63) is 65.7 Å². The topological polar surface area (TPSA) is 163 Å². The maximum absolute atomic E-state index is 13.8. The van der Waals surface area contributed by atoms with Crippen LogP contribution in [0.25, 0.3) is 0 Å². The molecule has 1 aliphatic rings. The Kier molecular flexibility index (Phi) is 13.2. The van der Waals surface area contributed by atoms with Crippen molar-refractivity contribution in [1.82, 2.24) is 25.8 Å². The van der Waals surface area contributed by atoms with Crippen LogP contribution in [-0.4, -0.2) is 98.3 Å². The summed E-state index contributed by atoms with van der Waals surface area (Å²) in [6, 6.07) is 13.7. The van der Waals surface area contributed by atoms with Crippen molar-refractivity contribution in [3.63, 3.8) is 0 Å². The lowest BCUT2D eigenvalue weighted by molar-refractivity contribution is -0.138. The van der Waals surface area contributed by atoms with E-state index < -0.39 is 47.7 Å². The second-order valence-electron chi connectivity index (χ2n) is 11.2. The molecule has 5 amide bonds. The number of nitrogens with zero attached hydrogens (tertiary/aromatic N) is 2. The van der Waals surface area contributed by atoms with Gasteiger partial charge >= 0.3 is 0 Å². The fourth-order valence-corrected chi connectivity index (χ4v) is 4.91. The number of nitrogens with one attached hydrogen (secondary N) is 3. The van der Waals surface area contributed by atoms with Crippen LogP contribution in [0.2, 0.25) is 0 Å². The molecule has 5 N–H and O–H groups in total. The second-order valence-corrected chi connectivity index (χ2v) is 11.2. The predicted molar refractivity (Wildman–Crippen MR) is 166 cm³/mol. The van der Waals surface area contributed by atoms with E-state index in [0.717, 1.165) is 12.1 Å². The third-order valence-electron chi connectivity index (χ3n) is 7.45. The summed E-state index contributed by atoms with van der Waals surface area (Å²) < 4.78 is 6.17. The zero-order chi connectivity index (χ0) is 32.1. The molecule has 0 unspecified atom stereocenters. The van der Waals surface area contributed by atoms with Crippen molar-refractivity contribution in [3.8, 4) is 5.75 Å². The zero-order valence-corrected chi connectivity index (χ0v) is 25.7. The van der Waals surface area contributed by atoms with Gasteiger partial charge in [0.2, 0.25) is 23.6 Å². The number of rotatable bonds is 10. The van der Waals surface area contributed by atoms with Gasteiger partial charge in [-0.15, -0.1) is 0 Å². The Morgan fingerprint density at radius 2 is 1.75 bits per heavy atom. The quantitative estimate of drug-likeness (QED) is 0.291. The van der Waals surface area contributed by atoms with E-state index in [9.17, 15) is 24.0 Å². The monoisotopic (exact) mass is 608 g/mol. The summed E-state index contributed by atoms with van der Waals surface area (Å²) in [6.07, 6.45) is 0.890. The summed E-state index contributed by atoms with van der Waals surface area (Å²) in [4.78, 5) is 68.6. The molecule has 3 rings (SSSR count). The number of para-hydroxylation sites is 1. The van der Waals surface area contributed by atoms with Gasteiger partial charge in [-0.25, -0.2) is 0 Å². The van der Waals surface area contributed by atoms with Gasteiger partial charge in [-0.1, -0.05) is 42.5 Å². The van der Waals surface area contributed by atoms with Crippen molar-refractivity contribution >= 4 is 29.5 Å². The molecule has 12 heteroatoms. The number of amides is 5. The van der Waals surface area contributed by atoms with Crippen LogP contribution < -0.4 is 26.4 Å². The molecule has 3 atom stereocenters. The lowest BCUT2D eigenvalue weighted by Gasteiger charge is -2.32. The molecular formula is C32H44N6O6. The average Bonchev–Trinajstić information content (AvgIpc) is 3.00. The fraction of sp³-hybridized carbons (Fsp3) is 0.469. The molecule has 12 nitrogen and oxygen atoms in total. The molecule has 0 radical (unpaired) electrons. The van der Waals surface area contributed by atoms with Gasteiger partial charge in [0.1, 0.15) is 24.4 Å². The van der Waals surface area contributed by atoms with E-state index in [1.165, 1.54) is 4.90 Å². The second kappa shape index (κ2) is 17.0. The van der Waals surface area contributed by atoms with E-state index >= 15 is 0 Å². The highest BCUT2D eigenvalue weighted by molar-refractivity contribution is 5.99. The van der Waals surface area contributed by atoms with Gasteiger partial charge in [-0.05, 0) is 64.0 Å². The number of hydrogen-bond donors (Lipinski definition) is 4. The Morgan fingerprint density at radius 1 is 1.05 bits per heavy atom. The highest BCUT2D eigenvalue weighted by Gasteiger charge is 2.31. The normalized spacial score (nSPS) is 20.0. The number of benzene rings is 2. The molecule has 0 saturated carbocycles. The fourth-order valence-electron chi connectivity index (χ4n) is 4.91. The summed E-state index contributed by atoms with van der Waals surface area (Å²) in [7, 11) is 5.49. The molecule has 2 aromatic carbocycles. The van der Waals surface area contributed by atoms with Gasteiger partial charge in [-0.2, -0.15) is 0 Å². The van der Waals surface area contributed by atoms with Crippen LogP contribution in [0.5, 0.6) is 5.75 Å². The number of carbonyl (C=O) groups is 5. The van der Waals surface area contributed by atoms with Crippen LogP contribution in [-0.2, 0) is 25.6 Å². The molecule has 1 heterocycles. The Bertz CT molecular complexity index is 1290. The third kappa shape index (κ3) is 10.7. The summed E-state index contributed by atoms with van der Waals surface area (Å²) in [5.41, 5.74) is 6.56. The minimum absolute atomic E-state index is 0.0106. The maximum Gasteiger partial charge on any atom is 0.255 e. The van der Waals surface area contributed by atoms with Gasteiger partial charge < -0.3 is 36.2 Å². The van der Waals surface area contributed by atoms with Gasteiger partial charge in [-0.3, -0.25) is 24.0 Å². The Labute approximate surface area is 258 Å². The Morgan fingerprint density at radius 3 is 2.45 bits per heavy atom. The lowest BCUT2D eigenvalue weighted by Crippen LogP contribution is -2.52. The number of fused-ring (bicyclic) bond motifs is 1. The Balaban J connectivity index is 1.93. The van der Waals surface area contributed by atoms with Crippen LogP contribution >= 0.6 is 0 Å². The summed E-state index contributed by atoms with van der Waals surface area (Å²) in [5.74, 6) is -2.14. The highest BCUT2D eigenvalue weighted by atomic mass is 16.5. The number of carbonyl (C=O) groups excluding carboxylic acids is 5. The van der Waals surface area contributed by atoms with E-state index in [-0.39, 0.29) is 37.9 Å². The van der Waals surface area contributed by atoms with Crippen LogP contribution in [0, 0.1) is 0 Å². The van der Waals surface area contributed by atoms with Crippen molar-refractivity contribution in [1.29, 1.82) is 0 Å². The third-order valence-corrected chi connectivity index (χ3v) is 7.45. The summed E-state index contributed by atoms with van der Waals surface area (Å²) >= 11 is 0. The van der Waals surface area contributed by atoms with Crippen LogP contribution in [0.1, 0.15) is 48.0 Å². The van der Waals surface area contributed by atoms with Crippen molar-refractivity contribution < 1.29 is 28.7 Å². The van der Waals surface area contributed by atoms with Crippen LogP contribution in [0.4, 0.5) is 0 Å². The van der Waals surface area contributed by atoms with E-state index in [1.807, 2.05) is 49.3 Å². The van der Waals surface area contributed by atoms with Gasteiger partial charge in [0, 0.05) is 26.4 Å². The largest absolute Gasteiger partial charge is 0.491 e. The van der Waals surface area contributed by atoms with E-state index in [2.05, 4.69) is 16.0 Å². The molecule has 0 saturated heterocycles. The van der Waals surface area contributed by atoms with Gasteiger partial charge in [0.15, 0.2) is 0 Å². The molecule has 0 aromatic heterocycles. The molecule has 238 valence electrons. The standard InChI is InChI=1S/C32H44N6O6/c1-37(2)19-9-18-34-31(42)25-15-17-29(40)35-26(14-16-28(33)39)32(43)38(3)23(20-22-10-5-4-6-11-22)21-44-27-13-8-7-12-24(27)30(41)36-25/h4-8,10-13,23,25-26H,9,14-21H2,1-3H3,(H2,33,39)(H,34,42)(H,35,40)(H,36,41)/t23-,25+,26+/m1/s1. The molecule has 44 heavy (non-hydrogen) atoms. The number of primary amides is 1. The number of likely N-dealkylation sites (N-methyl/N-ethyl adjacent to an activating group) is 1. The first kappa shape index (κ1) is 34.0. The first-order chi connectivity index (χ1) is 21.0. The first-order valence-corrected chi connectivity index (χ1v) is 14.9. The molecule has 0 bridgehead atoms. The smallest absolute Gasteiger partial charge is 0.255 e. The molecule has 1 aliphatic heterocycles. The minimum Gasteiger partial charge on any atom is -0.491 e. The zero-order valence-electron chi connectivity index (χ0n) is 25.7. The van der Waals surface area contributed by atoms with E-state index in [0.29, 0.717) is 25.1 Å². The predicted octanol–water partition coefficient (Wildman–Crippen LogP) is 0.846. The van der Waals surface area contributed by atoms with Crippen molar-refractivity contribution in [2.24, 2.45) is 5.73 Å². The number of hydrogen-bond acceptors (Lipinski definition) is 7. The molecule has 0 fully saturated rings. The Hall–Kier alpha value is -4.45. The molecular weight excluding hydrogens is 564 g/mol. The van der Waals surface area contributed by atoms with Crippen molar-refractivity contribution in [2.75, 3.05) is 40.8 Å². The van der Waals surface area contributed by atoms with Crippen LogP contribution in [0.15, 0.2) is 54.6 Å². The molecule has 0 spiro atoms. The molecule has 2 aromatic rings. The van der Waals surface area contributed by atoms with Gasteiger partial charge in [0.05, 0.1) is 11.6 Å². The van der Waals surface area contributed by atoms with Gasteiger partial charge in [0.25, 0.3) is 5.91 Å². The number of nitrogens with two attached hydrogens (primary N) is 1. The summed E-state index contributed by atoms with van der Waals surface area (Å²) in [5, 5.41) is 8.34.